The molecule has 0 spiro atoms. The summed E-state index contributed by atoms with van der Waals surface area (Å²) in [7, 11) is 0. The number of benzene rings is 1. The van der Waals surface area contributed by atoms with Gasteiger partial charge in [0, 0.05) is 17.9 Å². The maximum Gasteiger partial charge on any atom is 0.274 e. The molecule has 1 aromatic carbocycles. The molecule has 1 aliphatic carbocycles. The predicted octanol–water partition coefficient (Wildman–Crippen LogP) is 4.00. The van der Waals surface area contributed by atoms with Gasteiger partial charge in [0.2, 0.25) is 5.95 Å². The molecule has 1 heterocycles. The van der Waals surface area contributed by atoms with Crippen molar-refractivity contribution in [3.05, 3.63) is 48.0 Å². The van der Waals surface area contributed by atoms with Gasteiger partial charge in [-0.05, 0) is 37.1 Å². The zero-order valence-electron chi connectivity index (χ0n) is 13.5. The molecule has 2 N–H and O–H groups in total. The van der Waals surface area contributed by atoms with Gasteiger partial charge in [-0.3, -0.25) is 4.79 Å². The quantitative estimate of drug-likeness (QED) is 0.833. The highest BCUT2D eigenvalue weighted by molar-refractivity contribution is 6.02. The number of hydrogen-bond donors (Lipinski definition) is 2. The molecule has 1 fully saturated rings. The van der Waals surface area contributed by atoms with Crippen LogP contribution in [0.5, 0.6) is 0 Å². The van der Waals surface area contributed by atoms with E-state index in [1.54, 1.807) is 24.4 Å². The maximum absolute atomic E-state index is 13.2. The Morgan fingerprint density at radius 3 is 2.67 bits per heavy atom. The lowest BCUT2D eigenvalue weighted by Gasteiger charge is -2.16. The monoisotopic (exact) mass is 328 g/mol. The molecule has 0 aliphatic heterocycles. The van der Waals surface area contributed by atoms with E-state index in [9.17, 15) is 9.18 Å². The van der Waals surface area contributed by atoms with Crippen molar-refractivity contribution < 1.29 is 9.18 Å². The molecule has 0 saturated heterocycles. The largest absolute Gasteiger partial charge is 0.351 e. The molecule has 5 nitrogen and oxygen atoms in total. The fourth-order valence-electron chi connectivity index (χ4n) is 2.92. The van der Waals surface area contributed by atoms with E-state index >= 15 is 0 Å². The first kappa shape index (κ1) is 16.4. The van der Waals surface area contributed by atoms with Gasteiger partial charge >= 0.3 is 0 Å². The molecule has 0 bridgehead atoms. The minimum absolute atomic E-state index is 0.255. The molecular weight excluding hydrogens is 307 g/mol. The van der Waals surface area contributed by atoms with Crippen molar-refractivity contribution in [3.63, 3.8) is 0 Å². The van der Waals surface area contributed by atoms with Crippen LogP contribution in [0.15, 0.2) is 36.5 Å². The van der Waals surface area contributed by atoms with Crippen molar-refractivity contribution in [2.24, 2.45) is 0 Å². The predicted molar refractivity (Wildman–Crippen MR) is 91.5 cm³/mol. The van der Waals surface area contributed by atoms with E-state index in [1.807, 2.05) is 0 Å². The van der Waals surface area contributed by atoms with E-state index in [1.165, 1.54) is 37.8 Å². The standard InChI is InChI=1S/C18H21FN4O/c19-13-6-5-9-15(12-13)21-17(24)16-10-11-20-18(23-16)22-14-7-3-1-2-4-8-14/h5-6,9-12,14H,1-4,7-8H2,(H,21,24)(H,20,22,23). The van der Waals surface area contributed by atoms with Gasteiger partial charge in [-0.15, -0.1) is 0 Å². The van der Waals surface area contributed by atoms with Crippen LogP contribution in [0.2, 0.25) is 0 Å². The fourth-order valence-corrected chi connectivity index (χ4v) is 2.92. The van der Waals surface area contributed by atoms with Crippen LogP contribution in [-0.2, 0) is 0 Å². The molecule has 1 aromatic heterocycles. The van der Waals surface area contributed by atoms with E-state index in [0.29, 0.717) is 17.7 Å². The average molecular weight is 328 g/mol. The first-order chi connectivity index (χ1) is 11.7. The summed E-state index contributed by atoms with van der Waals surface area (Å²) in [6.45, 7) is 0. The molecule has 1 saturated carbocycles. The van der Waals surface area contributed by atoms with Gasteiger partial charge in [0.15, 0.2) is 0 Å². The lowest BCUT2D eigenvalue weighted by atomic mass is 10.1. The Balaban J connectivity index is 1.66. The number of anilines is 2. The number of aromatic nitrogens is 2. The Kier molecular flexibility index (Phi) is 5.36. The van der Waals surface area contributed by atoms with Crippen molar-refractivity contribution in [1.82, 2.24) is 9.97 Å². The maximum atomic E-state index is 13.2. The topological polar surface area (TPSA) is 66.9 Å². The highest BCUT2D eigenvalue weighted by Gasteiger charge is 2.15. The van der Waals surface area contributed by atoms with Gasteiger partial charge in [-0.2, -0.15) is 0 Å². The third-order valence-electron chi connectivity index (χ3n) is 4.16. The molecule has 2 aromatic rings. The fraction of sp³-hybridized carbons (Fsp3) is 0.389. The van der Waals surface area contributed by atoms with Crippen LogP contribution in [0.3, 0.4) is 0 Å². The van der Waals surface area contributed by atoms with E-state index < -0.39 is 5.82 Å². The van der Waals surface area contributed by atoms with E-state index in [2.05, 4.69) is 20.6 Å². The number of hydrogen-bond acceptors (Lipinski definition) is 4. The summed E-state index contributed by atoms with van der Waals surface area (Å²) in [6, 6.07) is 7.68. The third-order valence-corrected chi connectivity index (χ3v) is 4.16. The average Bonchev–Trinajstić information content (AvgIpc) is 2.84. The first-order valence-electron chi connectivity index (χ1n) is 8.37. The second-order valence-electron chi connectivity index (χ2n) is 6.06. The Morgan fingerprint density at radius 1 is 1.12 bits per heavy atom. The van der Waals surface area contributed by atoms with Crippen molar-refractivity contribution >= 4 is 17.5 Å². The van der Waals surface area contributed by atoms with E-state index in [0.717, 1.165) is 12.8 Å². The lowest BCUT2D eigenvalue weighted by Crippen LogP contribution is -2.21. The minimum Gasteiger partial charge on any atom is -0.351 e. The number of halogens is 1. The van der Waals surface area contributed by atoms with Crippen LogP contribution in [-0.4, -0.2) is 21.9 Å². The van der Waals surface area contributed by atoms with Crippen LogP contribution in [0.1, 0.15) is 49.0 Å². The van der Waals surface area contributed by atoms with Crippen molar-refractivity contribution in [2.75, 3.05) is 10.6 Å². The van der Waals surface area contributed by atoms with Gasteiger partial charge in [-0.25, -0.2) is 14.4 Å². The molecular formula is C18H21FN4O. The number of amides is 1. The zero-order valence-corrected chi connectivity index (χ0v) is 13.5. The van der Waals surface area contributed by atoms with Crippen molar-refractivity contribution in [3.8, 4) is 0 Å². The normalized spacial score (nSPS) is 15.5. The van der Waals surface area contributed by atoms with E-state index in [4.69, 9.17) is 0 Å². The second-order valence-corrected chi connectivity index (χ2v) is 6.06. The summed E-state index contributed by atoms with van der Waals surface area (Å²) in [6.07, 6.45) is 8.72. The summed E-state index contributed by atoms with van der Waals surface area (Å²) >= 11 is 0. The smallest absolute Gasteiger partial charge is 0.274 e. The number of nitrogens with one attached hydrogen (secondary N) is 2. The highest BCUT2D eigenvalue weighted by atomic mass is 19.1. The number of carbonyl (C=O) groups excluding carboxylic acids is 1. The van der Waals surface area contributed by atoms with Crippen LogP contribution in [0, 0.1) is 5.82 Å². The number of rotatable bonds is 4. The summed E-state index contributed by atoms with van der Waals surface area (Å²) < 4.78 is 13.2. The van der Waals surface area contributed by atoms with Crippen LogP contribution >= 0.6 is 0 Å². The van der Waals surface area contributed by atoms with Crippen LogP contribution < -0.4 is 10.6 Å². The van der Waals surface area contributed by atoms with Gasteiger partial charge in [-0.1, -0.05) is 31.7 Å². The molecule has 3 rings (SSSR count). The van der Waals surface area contributed by atoms with Gasteiger partial charge < -0.3 is 10.6 Å². The Hall–Kier alpha value is -2.50. The Morgan fingerprint density at radius 2 is 1.92 bits per heavy atom. The third kappa shape index (κ3) is 4.50. The van der Waals surface area contributed by atoms with Crippen molar-refractivity contribution in [1.29, 1.82) is 0 Å². The Labute approximate surface area is 140 Å². The van der Waals surface area contributed by atoms with E-state index in [-0.39, 0.29) is 11.6 Å². The second kappa shape index (κ2) is 7.86. The lowest BCUT2D eigenvalue weighted by molar-refractivity contribution is 0.102. The Bertz CT molecular complexity index is 699. The summed E-state index contributed by atoms with van der Waals surface area (Å²) in [5.41, 5.74) is 0.655. The highest BCUT2D eigenvalue weighted by Crippen LogP contribution is 2.20. The summed E-state index contributed by atoms with van der Waals surface area (Å²) in [4.78, 5) is 20.8. The molecule has 24 heavy (non-hydrogen) atoms. The van der Waals surface area contributed by atoms with Crippen LogP contribution in [0.4, 0.5) is 16.0 Å². The number of carbonyl (C=O) groups is 1. The SMILES string of the molecule is O=C(Nc1cccc(F)c1)c1ccnc(NC2CCCCCC2)n1. The van der Waals surface area contributed by atoms with Gasteiger partial charge in [0.25, 0.3) is 5.91 Å². The first-order valence-corrected chi connectivity index (χ1v) is 8.37. The molecule has 1 aliphatic rings. The molecule has 126 valence electrons. The number of nitrogens with zero attached hydrogens (tertiary/aromatic N) is 2. The molecule has 0 atom stereocenters. The minimum atomic E-state index is -0.397. The summed E-state index contributed by atoms with van der Waals surface area (Å²) in [5.74, 6) is -0.313. The molecule has 6 heteroatoms. The molecule has 0 unspecified atom stereocenters. The molecule has 1 amide bonds. The zero-order chi connectivity index (χ0) is 16.8. The van der Waals surface area contributed by atoms with Gasteiger partial charge in [0.1, 0.15) is 11.5 Å². The van der Waals surface area contributed by atoms with Gasteiger partial charge in [0.05, 0.1) is 0 Å². The molecule has 0 radical (unpaired) electrons. The van der Waals surface area contributed by atoms with Crippen molar-refractivity contribution in [2.45, 2.75) is 44.6 Å². The summed E-state index contributed by atoms with van der Waals surface area (Å²) in [5, 5.41) is 5.97. The van der Waals surface area contributed by atoms with Crippen LogP contribution in [0.25, 0.3) is 0 Å².